The predicted octanol–water partition coefficient (Wildman–Crippen LogP) is 14.2. The van der Waals surface area contributed by atoms with Gasteiger partial charge < -0.3 is 18.9 Å². The molecule has 12 nitrogen and oxygen atoms in total. The summed E-state index contributed by atoms with van der Waals surface area (Å²) in [6.45, 7) is 8.86. The smallest absolute Gasteiger partial charge is 0.130 e. The number of hydrogen-bond donors (Lipinski definition) is 1. The number of aromatic amines is 1. The number of carbonyl (C=O) groups is 1. The Balaban J connectivity index is 0.000000488. The summed E-state index contributed by atoms with van der Waals surface area (Å²) in [7, 11) is 6.98. The molecule has 0 fully saturated rings. The Hall–Kier alpha value is -2.37. The Morgan fingerprint density at radius 2 is 1.09 bits per heavy atom. The minimum atomic E-state index is -0.278. The molecule has 18 heteroatoms. The van der Waals surface area contributed by atoms with Crippen molar-refractivity contribution >= 4 is 103 Å². The number of pyridine rings is 4. The van der Waals surface area contributed by atoms with Crippen molar-refractivity contribution in [3.05, 3.63) is 175 Å². The van der Waals surface area contributed by atoms with Crippen LogP contribution < -0.4 is 9.47 Å². The summed E-state index contributed by atoms with van der Waals surface area (Å²) in [5, 5.41) is 7.27. The van der Waals surface area contributed by atoms with E-state index in [1.165, 1.54) is 0 Å². The molecular formula is C48H57I5N7O5V. The van der Waals surface area contributed by atoms with Gasteiger partial charge in [-0.25, -0.2) is 0 Å². The molecule has 0 atom stereocenters. The van der Waals surface area contributed by atoms with Crippen molar-refractivity contribution in [2.24, 2.45) is 0 Å². The molecule has 0 unspecified atom stereocenters. The second-order valence-electron chi connectivity index (χ2n) is 12.6. The number of halogens is 5. The fraction of sp³-hybridized carbons (Fsp3) is 0.250. The number of nitrogens with zero attached hydrogens (tertiary/aromatic N) is 6. The zero-order chi connectivity index (χ0) is 49.0. The van der Waals surface area contributed by atoms with Crippen molar-refractivity contribution < 1.29 is 28.7 Å². The Morgan fingerprint density at radius 1 is 0.636 bits per heavy atom. The number of ether oxygens (including phenoxy) is 4. The first-order valence-corrected chi connectivity index (χ1v) is 40.2. The zero-order valence-electron chi connectivity index (χ0n) is 38.2. The van der Waals surface area contributed by atoms with Crippen LogP contribution in [0.25, 0.3) is 22.4 Å². The van der Waals surface area contributed by atoms with Crippen molar-refractivity contribution in [2.45, 2.75) is 53.7 Å². The fourth-order valence-corrected chi connectivity index (χ4v) is 5.30. The first kappa shape index (κ1) is 61.7. The molecule has 66 heavy (non-hydrogen) atoms. The van der Waals surface area contributed by atoms with Crippen molar-refractivity contribution in [2.75, 3.05) is 28.3 Å². The van der Waals surface area contributed by atoms with E-state index in [0.717, 1.165) is 50.8 Å². The molecule has 0 radical (unpaired) electrons. The molecule has 7 rings (SSSR count). The molecule has 0 aliphatic carbocycles. The van der Waals surface area contributed by atoms with Gasteiger partial charge in [0.25, 0.3) is 0 Å². The van der Waals surface area contributed by atoms with E-state index < -0.39 is 0 Å². The van der Waals surface area contributed by atoms with Crippen LogP contribution in [0, 0.1) is 0 Å². The van der Waals surface area contributed by atoms with Crippen LogP contribution in [0.15, 0.2) is 153 Å². The van der Waals surface area contributed by atoms with Gasteiger partial charge in [-0.15, -0.1) is 0 Å². The first-order valence-electron chi connectivity index (χ1n) is 20.4. The summed E-state index contributed by atoms with van der Waals surface area (Å²) >= 11 is 11.6. The average Bonchev–Trinajstić information content (AvgIpc) is 3.87. The summed E-state index contributed by atoms with van der Waals surface area (Å²) in [4.78, 5) is 30.3. The third kappa shape index (κ3) is 25.8. The molecule has 0 spiro atoms. The van der Waals surface area contributed by atoms with Gasteiger partial charge >= 0.3 is 64.9 Å². The molecule has 7 aromatic rings. The van der Waals surface area contributed by atoms with E-state index >= 15 is 0 Å². The van der Waals surface area contributed by atoms with Crippen LogP contribution in [0.4, 0.5) is 0 Å². The Bertz CT molecular complexity index is 2210. The number of carbonyl (C=O) groups excluding carboxylic acids is 1. The molecule has 2 aromatic carbocycles. The van der Waals surface area contributed by atoms with Crippen LogP contribution in [-0.2, 0) is 34.0 Å². The van der Waals surface area contributed by atoms with Crippen LogP contribution in [-0.4, -0.2) is 75.5 Å². The minimum absolute atomic E-state index is 0.0764. The maximum Gasteiger partial charge on any atom is 0.130 e. The van der Waals surface area contributed by atoms with E-state index in [0.29, 0.717) is 25.2 Å². The molecule has 0 aliphatic heterocycles. The molecule has 0 bridgehead atoms. The molecule has 1 N–H and O–H groups in total. The van der Waals surface area contributed by atoms with Gasteiger partial charge in [0.2, 0.25) is 6.41 Å². The van der Waals surface area contributed by atoms with E-state index in [2.05, 4.69) is 127 Å². The van der Waals surface area contributed by atoms with Gasteiger partial charge in [-0.3, -0.25) is 34.7 Å². The summed E-state index contributed by atoms with van der Waals surface area (Å²) < 4.78 is 21.2. The van der Waals surface area contributed by atoms with Gasteiger partial charge in [0.1, 0.15) is 24.7 Å². The topological polar surface area (TPSA) is 137 Å². The van der Waals surface area contributed by atoms with Crippen molar-refractivity contribution in [1.29, 1.82) is 0 Å². The molecule has 0 saturated heterocycles. The van der Waals surface area contributed by atoms with E-state index in [1.54, 1.807) is 63.5 Å². The van der Waals surface area contributed by atoms with Gasteiger partial charge in [0.15, 0.2) is 5.78 Å². The van der Waals surface area contributed by atoms with E-state index in [1.807, 2.05) is 150 Å². The number of benzene rings is 2. The van der Waals surface area contributed by atoms with Crippen LogP contribution in [0.1, 0.15) is 55.0 Å². The predicted molar refractivity (Wildman–Crippen MR) is 307 cm³/mol. The number of ketones is 1. The number of aromatic nitrogens is 6. The normalized spacial score (nSPS) is 9.76. The SMILES string of the molecule is CC.CC.COC(OC)N(C)C.II.O=C(Cc1ccncc1)c1ccc(OCc2ccccn2)cc1.[I][V]([I])[I].c1ccc(COc2ccc(-c3[nH]ncc3-c3ccncc3)cc2)nc1. The molecule has 5 heterocycles. The van der Waals surface area contributed by atoms with Crippen molar-refractivity contribution in [3.63, 3.8) is 0 Å². The Kier molecular flexibility index (Phi) is 36.9. The quantitative estimate of drug-likeness (QED) is 0.0633. The maximum atomic E-state index is 12.2. The molecule has 0 aliphatic rings. The minimum Gasteiger partial charge on any atom is -0.487 e. The van der Waals surface area contributed by atoms with Gasteiger partial charge in [0, 0.05) is 112 Å². The van der Waals surface area contributed by atoms with E-state index in [-0.39, 0.29) is 17.1 Å². The molecule has 0 amide bonds. The first-order chi connectivity index (χ1) is 32.2. The van der Waals surface area contributed by atoms with Crippen molar-refractivity contribution in [3.8, 4) is 33.9 Å². The number of nitrogens with one attached hydrogen (secondary N) is 1. The van der Waals surface area contributed by atoms with E-state index in [4.69, 9.17) is 18.9 Å². The Morgan fingerprint density at radius 3 is 1.50 bits per heavy atom. The molecular weight excluding hydrogens is 1440 g/mol. The fourth-order valence-electron chi connectivity index (χ4n) is 5.30. The summed E-state index contributed by atoms with van der Waals surface area (Å²) in [5.74, 6) is 1.60. The van der Waals surface area contributed by atoms with Gasteiger partial charge in [0.05, 0.1) is 23.3 Å². The number of methoxy groups -OCH3 is 2. The largest absolute Gasteiger partial charge is 0.487 e. The second-order valence-corrected chi connectivity index (χ2v) is 47.9. The van der Waals surface area contributed by atoms with Crippen molar-refractivity contribution in [1.82, 2.24) is 35.0 Å². The van der Waals surface area contributed by atoms with Crippen LogP contribution in [0.3, 0.4) is 0 Å². The third-order valence-electron chi connectivity index (χ3n) is 8.11. The maximum absolute atomic E-state index is 12.2. The molecule has 0 saturated carbocycles. The average molecular weight is 1500 g/mol. The third-order valence-corrected chi connectivity index (χ3v) is 8.11. The monoisotopic (exact) mass is 1500 g/mol. The zero-order valence-corrected chi connectivity index (χ0v) is 50.4. The standard InChI is InChI=1S/C20H16N4O.C19H16N2O2.C5H13NO2.2C2H6.I2.3HI.V/c1-2-10-22-17(3-1)14-25-18-6-4-16(5-7-18)20-19(13-23-24-20)15-8-11-21-12-9-15;22-19(13-15-8-11-20-12-9-15)16-4-6-18(7-5-16)23-14-17-3-1-2-10-21-17;1-6(2)5(7-3)8-4;3*1-2;;;;/h1-13H,14H2,(H,23,24);1-12H,13-14H2;5H,1-4H3;2*1-2H3;;3*1H;/q;;;;;;;;;+3/p-3. The van der Waals surface area contributed by atoms with Gasteiger partial charge in [-0.2, -0.15) is 5.10 Å². The van der Waals surface area contributed by atoms with E-state index in [9.17, 15) is 4.79 Å². The number of hydrogen-bond acceptors (Lipinski definition) is 11. The summed E-state index contributed by atoms with van der Waals surface area (Å²) in [6, 6.07) is 34.3. The number of rotatable bonds is 14. The second kappa shape index (κ2) is 39.5. The number of Topliss-reactive ketones (excluding diaryl/α,β-unsaturated/α-hetero) is 1. The Labute approximate surface area is 452 Å². The summed E-state index contributed by atoms with van der Waals surface area (Å²) in [6.07, 6.45) is 12.4. The molecule has 5 aromatic heterocycles. The number of H-pyrrole nitrogens is 1. The van der Waals surface area contributed by atoms with Gasteiger partial charge in [-0.05, 0) is 122 Å². The van der Waals surface area contributed by atoms with Crippen LogP contribution in [0.5, 0.6) is 11.5 Å². The van der Waals surface area contributed by atoms with Crippen LogP contribution in [0.2, 0.25) is 0 Å². The molecule has 354 valence electrons. The summed E-state index contributed by atoms with van der Waals surface area (Å²) in [5.41, 5.74) is 7.55. The van der Waals surface area contributed by atoms with Crippen LogP contribution >= 0.6 is 97.2 Å². The van der Waals surface area contributed by atoms with Gasteiger partial charge in [-0.1, -0.05) is 39.8 Å².